The van der Waals surface area contributed by atoms with Crippen LogP contribution in [0.3, 0.4) is 0 Å². The Morgan fingerprint density at radius 1 is 1.23 bits per heavy atom. The van der Waals surface area contributed by atoms with Gasteiger partial charge in [0.25, 0.3) is 0 Å². The number of halogens is 1. The summed E-state index contributed by atoms with van der Waals surface area (Å²) in [4.78, 5) is 10.2. The van der Waals surface area contributed by atoms with Gasteiger partial charge in [-0.3, -0.25) is 0 Å². The van der Waals surface area contributed by atoms with E-state index in [1.165, 1.54) is 17.0 Å². The fourth-order valence-corrected chi connectivity index (χ4v) is 2.75. The summed E-state index contributed by atoms with van der Waals surface area (Å²) in [6, 6.07) is 6.39. The minimum atomic E-state index is -0.229. The Morgan fingerprint density at radius 2 is 1.95 bits per heavy atom. The number of aliphatic imine (C=N–C) groups is 1. The van der Waals surface area contributed by atoms with Crippen molar-refractivity contribution in [3.8, 4) is 0 Å². The molecule has 22 heavy (non-hydrogen) atoms. The fourth-order valence-electron chi connectivity index (χ4n) is 1.88. The van der Waals surface area contributed by atoms with E-state index in [1.54, 1.807) is 23.5 Å². The molecule has 2 rings (SSSR count). The van der Waals surface area contributed by atoms with Crippen molar-refractivity contribution in [1.82, 2.24) is 15.6 Å². The van der Waals surface area contributed by atoms with E-state index in [1.807, 2.05) is 13.8 Å². The van der Waals surface area contributed by atoms with Gasteiger partial charge < -0.3 is 10.6 Å². The Hall–Kier alpha value is -1.95. The van der Waals surface area contributed by atoms with Crippen molar-refractivity contribution in [1.29, 1.82) is 0 Å². The summed E-state index contributed by atoms with van der Waals surface area (Å²) in [5.74, 6) is 0.504. The smallest absolute Gasteiger partial charge is 0.191 e. The summed E-state index contributed by atoms with van der Waals surface area (Å²) in [7, 11) is 0. The molecule has 0 fully saturated rings. The first kappa shape index (κ1) is 16.4. The average molecular weight is 320 g/mol. The monoisotopic (exact) mass is 320 g/mol. The average Bonchev–Trinajstić information content (AvgIpc) is 2.82. The van der Waals surface area contributed by atoms with Gasteiger partial charge in [0, 0.05) is 11.4 Å². The molecule has 0 aliphatic heterocycles. The molecular weight excluding hydrogens is 299 g/mol. The van der Waals surface area contributed by atoms with E-state index in [4.69, 9.17) is 0 Å². The van der Waals surface area contributed by atoms with Crippen molar-refractivity contribution < 1.29 is 4.39 Å². The maximum atomic E-state index is 12.9. The first-order chi connectivity index (χ1) is 10.6. The van der Waals surface area contributed by atoms with E-state index >= 15 is 0 Å². The van der Waals surface area contributed by atoms with Gasteiger partial charge in [0.05, 0.1) is 18.8 Å². The van der Waals surface area contributed by atoms with Gasteiger partial charge in [-0.15, -0.1) is 11.3 Å². The van der Waals surface area contributed by atoms with Crippen LogP contribution >= 0.6 is 11.3 Å². The highest BCUT2D eigenvalue weighted by Gasteiger charge is 2.04. The van der Waals surface area contributed by atoms with Crippen LogP contribution in [0, 0.1) is 19.7 Å². The molecule has 118 valence electrons. The van der Waals surface area contributed by atoms with Gasteiger partial charge in [-0.25, -0.2) is 14.4 Å². The lowest BCUT2D eigenvalue weighted by molar-refractivity contribution is 0.627. The zero-order valence-electron chi connectivity index (χ0n) is 13.1. The number of nitrogens with zero attached hydrogens (tertiary/aromatic N) is 2. The summed E-state index contributed by atoms with van der Waals surface area (Å²) in [5.41, 5.74) is 2.05. The van der Waals surface area contributed by atoms with Gasteiger partial charge in [0.2, 0.25) is 0 Å². The normalized spacial score (nSPS) is 11.5. The van der Waals surface area contributed by atoms with Gasteiger partial charge in [-0.2, -0.15) is 0 Å². The van der Waals surface area contributed by atoms with Gasteiger partial charge >= 0.3 is 0 Å². The molecular formula is C16H21FN4S. The molecule has 0 aliphatic rings. The molecule has 6 heteroatoms. The van der Waals surface area contributed by atoms with Crippen LogP contribution in [-0.2, 0) is 13.1 Å². The van der Waals surface area contributed by atoms with Gasteiger partial charge in [0.1, 0.15) is 10.8 Å². The number of rotatable bonds is 5. The molecule has 0 spiro atoms. The van der Waals surface area contributed by atoms with Gasteiger partial charge in [-0.1, -0.05) is 12.1 Å². The van der Waals surface area contributed by atoms with Crippen LogP contribution in [0.2, 0.25) is 0 Å². The maximum Gasteiger partial charge on any atom is 0.191 e. The molecule has 2 aromatic rings. The van der Waals surface area contributed by atoms with Crippen molar-refractivity contribution in [3.05, 3.63) is 51.2 Å². The maximum absolute atomic E-state index is 12.9. The summed E-state index contributed by atoms with van der Waals surface area (Å²) >= 11 is 1.69. The first-order valence-corrected chi connectivity index (χ1v) is 8.09. The van der Waals surface area contributed by atoms with E-state index in [0.717, 1.165) is 28.8 Å². The third-order valence-electron chi connectivity index (χ3n) is 3.16. The second-order valence-corrected chi connectivity index (χ2v) is 6.21. The quantitative estimate of drug-likeness (QED) is 0.657. The Morgan fingerprint density at radius 3 is 2.55 bits per heavy atom. The van der Waals surface area contributed by atoms with Crippen molar-refractivity contribution >= 4 is 17.3 Å². The van der Waals surface area contributed by atoms with Crippen molar-refractivity contribution in [2.24, 2.45) is 4.99 Å². The summed E-state index contributed by atoms with van der Waals surface area (Å²) < 4.78 is 12.9. The highest BCUT2D eigenvalue weighted by Crippen LogP contribution is 2.15. The predicted octanol–water partition coefficient (Wildman–Crippen LogP) is 3.15. The van der Waals surface area contributed by atoms with E-state index < -0.39 is 0 Å². The van der Waals surface area contributed by atoms with Gasteiger partial charge in [0.15, 0.2) is 5.96 Å². The highest BCUT2D eigenvalue weighted by molar-refractivity contribution is 7.11. The minimum absolute atomic E-state index is 0.229. The van der Waals surface area contributed by atoms with Crippen LogP contribution in [0.5, 0.6) is 0 Å². The Bertz CT molecular complexity index is 615. The number of thiazole rings is 1. The molecule has 0 radical (unpaired) electrons. The largest absolute Gasteiger partial charge is 0.357 e. The van der Waals surface area contributed by atoms with Crippen LogP contribution in [0.25, 0.3) is 0 Å². The summed E-state index contributed by atoms with van der Waals surface area (Å²) in [6.07, 6.45) is 0. The molecule has 0 unspecified atom stereocenters. The van der Waals surface area contributed by atoms with Crippen LogP contribution in [0.4, 0.5) is 4.39 Å². The van der Waals surface area contributed by atoms with Crippen molar-refractivity contribution in [2.75, 3.05) is 6.54 Å². The SMILES string of the molecule is CCNC(=NCc1ccc(F)cc1)NCc1nc(C)c(C)s1. The summed E-state index contributed by atoms with van der Waals surface area (Å²) in [6.45, 7) is 8.05. The third-order valence-corrected chi connectivity index (χ3v) is 4.23. The lowest BCUT2D eigenvalue weighted by atomic mass is 10.2. The zero-order valence-corrected chi connectivity index (χ0v) is 13.9. The molecule has 4 nitrogen and oxygen atoms in total. The second kappa shape index (κ2) is 7.89. The van der Waals surface area contributed by atoms with E-state index in [2.05, 4.69) is 27.5 Å². The van der Waals surface area contributed by atoms with Crippen LogP contribution in [0.15, 0.2) is 29.3 Å². The number of hydrogen-bond acceptors (Lipinski definition) is 3. The molecule has 1 heterocycles. The topological polar surface area (TPSA) is 49.3 Å². The molecule has 0 atom stereocenters. The van der Waals surface area contributed by atoms with Crippen LogP contribution in [-0.4, -0.2) is 17.5 Å². The van der Waals surface area contributed by atoms with Crippen molar-refractivity contribution in [3.63, 3.8) is 0 Å². The van der Waals surface area contributed by atoms with E-state index in [0.29, 0.717) is 13.1 Å². The number of benzene rings is 1. The van der Waals surface area contributed by atoms with Crippen LogP contribution in [0.1, 0.15) is 28.1 Å². The Balaban J connectivity index is 1.96. The molecule has 0 bridgehead atoms. The zero-order chi connectivity index (χ0) is 15.9. The molecule has 0 aliphatic carbocycles. The van der Waals surface area contributed by atoms with Crippen LogP contribution < -0.4 is 10.6 Å². The Kier molecular flexibility index (Phi) is 5.89. The number of aryl methyl sites for hydroxylation is 2. The fraction of sp³-hybridized carbons (Fsp3) is 0.375. The highest BCUT2D eigenvalue weighted by atomic mass is 32.1. The molecule has 1 aromatic carbocycles. The first-order valence-electron chi connectivity index (χ1n) is 7.28. The lowest BCUT2D eigenvalue weighted by Crippen LogP contribution is -2.36. The Labute approximate surface area is 134 Å². The second-order valence-electron chi connectivity index (χ2n) is 4.92. The number of hydrogen-bond donors (Lipinski definition) is 2. The van der Waals surface area contributed by atoms with E-state index in [-0.39, 0.29) is 5.82 Å². The van der Waals surface area contributed by atoms with Gasteiger partial charge in [-0.05, 0) is 38.5 Å². The van der Waals surface area contributed by atoms with Crippen molar-refractivity contribution in [2.45, 2.75) is 33.9 Å². The summed E-state index contributed by atoms with van der Waals surface area (Å²) in [5, 5.41) is 7.51. The standard InChI is InChI=1S/C16H21FN4S/c1-4-18-16(19-9-13-5-7-14(17)8-6-13)20-10-15-21-11(2)12(3)22-15/h5-8H,4,9-10H2,1-3H3,(H2,18,19,20). The minimum Gasteiger partial charge on any atom is -0.357 e. The number of aromatic nitrogens is 1. The molecule has 0 amide bonds. The molecule has 1 aromatic heterocycles. The molecule has 0 saturated carbocycles. The predicted molar refractivity (Wildman–Crippen MR) is 89.6 cm³/mol. The van der Waals surface area contributed by atoms with E-state index in [9.17, 15) is 4.39 Å². The number of nitrogens with one attached hydrogen (secondary N) is 2. The molecule has 0 saturated heterocycles. The molecule has 2 N–H and O–H groups in total. The lowest BCUT2D eigenvalue weighted by Gasteiger charge is -2.10. The third kappa shape index (κ3) is 4.80. The number of guanidine groups is 1.